The Labute approximate surface area is 117 Å². The van der Waals surface area contributed by atoms with Gasteiger partial charge in [0.25, 0.3) is 0 Å². The van der Waals surface area contributed by atoms with E-state index in [1.54, 1.807) is 0 Å². The molecule has 0 saturated heterocycles. The lowest BCUT2D eigenvalue weighted by Gasteiger charge is -2.17. The Hall–Kier alpha value is -1.19. The largest absolute Gasteiger partial charge is 0.308 e. The van der Waals surface area contributed by atoms with Crippen LogP contribution in [-0.2, 0) is 6.42 Å². The van der Waals surface area contributed by atoms with E-state index in [4.69, 9.17) is 0 Å². The molecule has 0 spiro atoms. The highest BCUT2D eigenvalue weighted by Gasteiger charge is 2.13. The lowest BCUT2D eigenvalue weighted by molar-refractivity contribution is 0.670. The van der Waals surface area contributed by atoms with E-state index in [-0.39, 0.29) is 6.04 Å². The Morgan fingerprint density at radius 1 is 1.28 bits per heavy atom. The zero-order valence-corrected chi connectivity index (χ0v) is 12.2. The summed E-state index contributed by atoms with van der Waals surface area (Å²) in [5.74, 6) is 0. The first-order valence-corrected chi connectivity index (χ1v) is 6.91. The Morgan fingerprint density at radius 3 is 2.72 bits per heavy atom. The van der Waals surface area contributed by atoms with E-state index in [2.05, 4.69) is 57.4 Å². The molecule has 0 saturated carbocycles. The molecule has 1 aromatic heterocycles. The first-order chi connectivity index (χ1) is 8.74. The van der Waals surface area contributed by atoms with E-state index >= 15 is 0 Å². The molecule has 0 aliphatic rings. The number of pyridine rings is 1. The fourth-order valence-corrected chi connectivity index (χ4v) is 2.27. The first kappa shape index (κ1) is 13.2. The maximum Gasteiger partial charge on any atom is 0.0749 e. The molecule has 94 valence electrons. The normalized spacial score (nSPS) is 12.4. The van der Waals surface area contributed by atoms with Crippen LogP contribution in [0.3, 0.4) is 0 Å². The van der Waals surface area contributed by atoms with Crippen molar-refractivity contribution >= 4 is 15.9 Å². The monoisotopic (exact) mass is 304 g/mol. The van der Waals surface area contributed by atoms with Crippen molar-refractivity contribution < 1.29 is 0 Å². The molecule has 3 heteroatoms. The van der Waals surface area contributed by atoms with Gasteiger partial charge in [0, 0.05) is 10.7 Å². The van der Waals surface area contributed by atoms with Crippen LogP contribution in [0, 0.1) is 0 Å². The second-order valence-electron chi connectivity index (χ2n) is 4.22. The molecule has 2 aromatic rings. The molecule has 1 atom stereocenters. The van der Waals surface area contributed by atoms with E-state index in [9.17, 15) is 0 Å². The quantitative estimate of drug-likeness (QED) is 0.931. The Bertz CT molecular complexity index is 508. The molecule has 0 fully saturated rings. The minimum atomic E-state index is 0.143. The van der Waals surface area contributed by atoms with Crippen molar-refractivity contribution in [2.75, 3.05) is 7.05 Å². The summed E-state index contributed by atoms with van der Waals surface area (Å²) >= 11 is 3.41. The van der Waals surface area contributed by atoms with Crippen molar-refractivity contribution in [2.45, 2.75) is 19.4 Å². The summed E-state index contributed by atoms with van der Waals surface area (Å²) in [6.45, 7) is 2.17. The summed E-state index contributed by atoms with van der Waals surface area (Å²) in [5.41, 5.74) is 3.64. The summed E-state index contributed by atoms with van der Waals surface area (Å²) in [5, 5.41) is 3.33. The fraction of sp³-hybridized carbons (Fsp3) is 0.267. The number of nitrogens with one attached hydrogen (secondary N) is 1. The standard InChI is InChI=1S/C15H17BrN2/c1-3-11-5-4-6-12(9-11)15(17-2)14-8-7-13(16)10-18-14/h4-10,15,17H,3H2,1-2H3. The van der Waals surface area contributed by atoms with E-state index in [0.29, 0.717) is 0 Å². The highest BCUT2D eigenvalue weighted by molar-refractivity contribution is 9.10. The average molecular weight is 305 g/mol. The van der Waals surface area contributed by atoms with Gasteiger partial charge >= 0.3 is 0 Å². The van der Waals surface area contributed by atoms with Crippen molar-refractivity contribution in [3.8, 4) is 0 Å². The Morgan fingerprint density at radius 2 is 2.11 bits per heavy atom. The topological polar surface area (TPSA) is 24.9 Å². The number of hydrogen-bond donors (Lipinski definition) is 1. The van der Waals surface area contributed by atoms with Crippen LogP contribution in [-0.4, -0.2) is 12.0 Å². The predicted octanol–water partition coefficient (Wildman–Crippen LogP) is 3.72. The van der Waals surface area contributed by atoms with Crippen LogP contribution in [0.2, 0.25) is 0 Å². The maximum absolute atomic E-state index is 4.47. The van der Waals surface area contributed by atoms with Crippen molar-refractivity contribution in [1.29, 1.82) is 0 Å². The molecule has 0 amide bonds. The number of benzene rings is 1. The van der Waals surface area contributed by atoms with Crippen molar-refractivity contribution in [2.24, 2.45) is 0 Å². The molecule has 2 nitrogen and oxygen atoms in total. The highest BCUT2D eigenvalue weighted by atomic mass is 79.9. The van der Waals surface area contributed by atoms with E-state index < -0.39 is 0 Å². The van der Waals surface area contributed by atoms with Crippen LogP contribution >= 0.6 is 15.9 Å². The van der Waals surface area contributed by atoms with Gasteiger partial charge in [-0.1, -0.05) is 31.2 Å². The third kappa shape index (κ3) is 2.98. The molecule has 0 aliphatic heterocycles. The SMILES string of the molecule is CCc1cccc(C(NC)c2ccc(Br)cn2)c1. The number of rotatable bonds is 4. The van der Waals surface area contributed by atoms with Crippen LogP contribution in [0.25, 0.3) is 0 Å². The molecule has 1 aromatic carbocycles. The molecule has 0 bridgehead atoms. The highest BCUT2D eigenvalue weighted by Crippen LogP contribution is 2.22. The molecule has 0 radical (unpaired) electrons. The number of aromatic nitrogens is 1. The summed E-state index contributed by atoms with van der Waals surface area (Å²) < 4.78 is 1.00. The molecular formula is C15H17BrN2. The number of aryl methyl sites for hydroxylation is 1. The molecule has 1 heterocycles. The van der Waals surface area contributed by atoms with E-state index in [1.165, 1.54) is 11.1 Å². The van der Waals surface area contributed by atoms with Gasteiger partial charge < -0.3 is 5.32 Å². The third-order valence-corrected chi connectivity index (χ3v) is 3.50. The van der Waals surface area contributed by atoms with Gasteiger partial charge in [0.15, 0.2) is 0 Å². The van der Waals surface area contributed by atoms with Gasteiger partial charge in [-0.2, -0.15) is 0 Å². The second kappa shape index (κ2) is 6.12. The zero-order chi connectivity index (χ0) is 13.0. The average Bonchev–Trinajstić information content (AvgIpc) is 2.42. The molecule has 1 N–H and O–H groups in total. The molecule has 18 heavy (non-hydrogen) atoms. The van der Waals surface area contributed by atoms with Crippen LogP contribution in [0.15, 0.2) is 47.1 Å². The zero-order valence-electron chi connectivity index (χ0n) is 10.7. The van der Waals surface area contributed by atoms with Gasteiger partial charge in [-0.25, -0.2) is 0 Å². The third-order valence-electron chi connectivity index (χ3n) is 3.03. The Balaban J connectivity index is 2.35. The summed E-state index contributed by atoms with van der Waals surface area (Å²) in [7, 11) is 1.97. The predicted molar refractivity (Wildman–Crippen MR) is 78.7 cm³/mol. The lowest BCUT2D eigenvalue weighted by atomic mass is 10.00. The van der Waals surface area contributed by atoms with Crippen molar-refractivity contribution in [3.05, 3.63) is 63.9 Å². The van der Waals surface area contributed by atoms with Gasteiger partial charge in [0.2, 0.25) is 0 Å². The molecule has 0 aliphatic carbocycles. The van der Waals surface area contributed by atoms with Crippen molar-refractivity contribution in [3.63, 3.8) is 0 Å². The molecule has 1 unspecified atom stereocenters. The lowest BCUT2D eigenvalue weighted by Crippen LogP contribution is -2.18. The van der Waals surface area contributed by atoms with Gasteiger partial charge in [0.05, 0.1) is 11.7 Å². The van der Waals surface area contributed by atoms with Crippen LogP contribution in [0.5, 0.6) is 0 Å². The first-order valence-electron chi connectivity index (χ1n) is 6.12. The number of hydrogen-bond acceptors (Lipinski definition) is 2. The van der Waals surface area contributed by atoms with E-state index in [1.807, 2.05) is 25.4 Å². The second-order valence-corrected chi connectivity index (χ2v) is 5.14. The van der Waals surface area contributed by atoms with Gasteiger partial charge in [-0.3, -0.25) is 4.98 Å². The summed E-state index contributed by atoms with van der Waals surface area (Å²) in [6.07, 6.45) is 2.89. The van der Waals surface area contributed by atoms with Crippen molar-refractivity contribution in [1.82, 2.24) is 10.3 Å². The minimum Gasteiger partial charge on any atom is -0.308 e. The summed E-state index contributed by atoms with van der Waals surface area (Å²) in [4.78, 5) is 4.47. The minimum absolute atomic E-state index is 0.143. The molecular weight excluding hydrogens is 288 g/mol. The summed E-state index contributed by atoms with van der Waals surface area (Å²) in [6, 6.07) is 12.9. The fourth-order valence-electron chi connectivity index (χ4n) is 2.04. The Kier molecular flexibility index (Phi) is 4.50. The smallest absolute Gasteiger partial charge is 0.0749 e. The van der Waals surface area contributed by atoms with Gasteiger partial charge in [0.1, 0.15) is 0 Å². The maximum atomic E-state index is 4.47. The van der Waals surface area contributed by atoms with E-state index in [0.717, 1.165) is 16.6 Å². The van der Waals surface area contributed by atoms with Crippen LogP contribution < -0.4 is 5.32 Å². The van der Waals surface area contributed by atoms with Crippen LogP contribution in [0.4, 0.5) is 0 Å². The van der Waals surface area contributed by atoms with Crippen LogP contribution in [0.1, 0.15) is 29.8 Å². The van der Waals surface area contributed by atoms with Gasteiger partial charge in [-0.05, 0) is 52.7 Å². The molecule has 2 rings (SSSR count). The van der Waals surface area contributed by atoms with Gasteiger partial charge in [-0.15, -0.1) is 0 Å². The number of nitrogens with zero attached hydrogens (tertiary/aromatic N) is 1. The number of halogens is 1.